The van der Waals surface area contributed by atoms with Crippen molar-refractivity contribution in [1.82, 2.24) is 0 Å². The minimum Gasteiger partial charge on any atom is -0.465 e. The molecule has 0 aromatic heterocycles. The van der Waals surface area contributed by atoms with Crippen LogP contribution in [0, 0.1) is 5.92 Å². The van der Waals surface area contributed by atoms with Crippen LogP contribution in [0.2, 0.25) is 0 Å². The van der Waals surface area contributed by atoms with E-state index in [1.54, 1.807) is 0 Å². The van der Waals surface area contributed by atoms with Gasteiger partial charge in [-0.2, -0.15) is 0 Å². The van der Waals surface area contributed by atoms with Crippen LogP contribution in [0.5, 0.6) is 0 Å². The summed E-state index contributed by atoms with van der Waals surface area (Å²) in [6.07, 6.45) is 17.0. The van der Waals surface area contributed by atoms with Crippen molar-refractivity contribution in [2.75, 3.05) is 13.2 Å². The highest BCUT2D eigenvalue weighted by Gasteiger charge is 2.18. The predicted octanol–water partition coefficient (Wildman–Crippen LogP) is 6.03. The van der Waals surface area contributed by atoms with Gasteiger partial charge in [0.25, 0.3) is 0 Å². The largest absolute Gasteiger partial charge is 0.465 e. The highest BCUT2D eigenvalue weighted by molar-refractivity contribution is 5.72. The summed E-state index contributed by atoms with van der Waals surface area (Å²) >= 11 is 0. The van der Waals surface area contributed by atoms with Crippen LogP contribution in [-0.4, -0.2) is 24.3 Å². The first kappa shape index (κ1) is 23.4. The molecule has 1 atom stereocenters. The molecule has 0 heterocycles. The predicted molar refractivity (Wildman–Crippen MR) is 102 cm³/mol. The molecule has 0 amide bonds. The Morgan fingerprint density at radius 1 is 0.750 bits per heavy atom. The van der Waals surface area contributed by atoms with Gasteiger partial charge in [0.05, 0.1) is 12.5 Å². The molecule has 0 bridgehead atoms. The van der Waals surface area contributed by atoms with Gasteiger partial charge in [0.2, 0.25) is 0 Å². The second-order valence-corrected chi connectivity index (χ2v) is 7.05. The highest BCUT2D eigenvalue weighted by Crippen LogP contribution is 2.19. The van der Waals surface area contributed by atoms with Crippen molar-refractivity contribution >= 4 is 5.97 Å². The van der Waals surface area contributed by atoms with E-state index in [-0.39, 0.29) is 11.9 Å². The lowest BCUT2D eigenvalue weighted by atomic mass is 9.95. The number of esters is 1. The van der Waals surface area contributed by atoms with Crippen molar-refractivity contribution < 1.29 is 14.6 Å². The van der Waals surface area contributed by atoms with Crippen LogP contribution in [-0.2, 0) is 9.53 Å². The number of aliphatic hydroxyl groups is 1. The Kier molecular flexibility index (Phi) is 18.3. The summed E-state index contributed by atoms with van der Waals surface area (Å²) in [6.45, 7) is 5.30. The number of aliphatic hydroxyl groups excluding tert-OH is 1. The summed E-state index contributed by atoms with van der Waals surface area (Å²) in [5, 5.41) is 8.72. The Balaban J connectivity index is 3.72. The zero-order valence-electron chi connectivity index (χ0n) is 16.4. The van der Waals surface area contributed by atoms with Gasteiger partial charge in [0.15, 0.2) is 0 Å². The van der Waals surface area contributed by atoms with E-state index in [1.165, 1.54) is 38.5 Å². The van der Waals surface area contributed by atoms with Gasteiger partial charge in [-0.05, 0) is 25.7 Å². The smallest absolute Gasteiger partial charge is 0.308 e. The SMILES string of the molecule is CCCCCCC(CCCC)C(=O)OCCCCCCCCCO. The van der Waals surface area contributed by atoms with Crippen LogP contribution in [0.1, 0.15) is 110 Å². The van der Waals surface area contributed by atoms with Gasteiger partial charge in [-0.15, -0.1) is 0 Å². The van der Waals surface area contributed by atoms with Gasteiger partial charge in [0.1, 0.15) is 0 Å². The minimum absolute atomic E-state index is 0.0443. The van der Waals surface area contributed by atoms with E-state index in [4.69, 9.17) is 9.84 Å². The molecular formula is C21H42O3. The molecule has 3 heteroatoms. The molecule has 0 saturated heterocycles. The molecule has 0 aromatic carbocycles. The Labute approximate surface area is 150 Å². The zero-order valence-corrected chi connectivity index (χ0v) is 16.4. The maximum Gasteiger partial charge on any atom is 0.308 e. The summed E-state index contributed by atoms with van der Waals surface area (Å²) < 4.78 is 5.53. The summed E-state index contributed by atoms with van der Waals surface area (Å²) in [5.74, 6) is 0.170. The van der Waals surface area contributed by atoms with Crippen molar-refractivity contribution in [3.8, 4) is 0 Å². The van der Waals surface area contributed by atoms with Crippen molar-refractivity contribution in [3.05, 3.63) is 0 Å². The van der Waals surface area contributed by atoms with Crippen LogP contribution in [0.15, 0.2) is 0 Å². The highest BCUT2D eigenvalue weighted by atomic mass is 16.5. The first-order valence-electron chi connectivity index (χ1n) is 10.5. The van der Waals surface area contributed by atoms with Crippen molar-refractivity contribution in [3.63, 3.8) is 0 Å². The third-order valence-electron chi connectivity index (χ3n) is 4.69. The van der Waals surface area contributed by atoms with E-state index in [0.29, 0.717) is 13.2 Å². The topological polar surface area (TPSA) is 46.5 Å². The van der Waals surface area contributed by atoms with E-state index in [0.717, 1.165) is 57.8 Å². The average Bonchev–Trinajstić information content (AvgIpc) is 2.59. The third-order valence-corrected chi connectivity index (χ3v) is 4.69. The molecule has 0 fully saturated rings. The molecule has 0 aliphatic carbocycles. The number of carbonyl (C=O) groups excluding carboxylic acids is 1. The number of unbranched alkanes of at least 4 members (excludes halogenated alkanes) is 10. The molecule has 0 spiro atoms. The molecule has 0 aromatic rings. The molecule has 1 N–H and O–H groups in total. The van der Waals surface area contributed by atoms with E-state index in [2.05, 4.69) is 13.8 Å². The Morgan fingerprint density at radius 3 is 1.92 bits per heavy atom. The molecule has 144 valence electrons. The molecule has 0 radical (unpaired) electrons. The fourth-order valence-electron chi connectivity index (χ4n) is 3.04. The van der Waals surface area contributed by atoms with Crippen molar-refractivity contribution in [1.29, 1.82) is 0 Å². The summed E-state index contributed by atoms with van der Waals surface area (Å²) in [6, 6.07) is 0. The second-order valence-electron chi connectivity index (χ2n) is 7.05. The number of ether oxygens (including phenoxy) is 1. The van der Waals surface area contributed by atoms with E-state index in [9.17, 15) is 4.79 Å². The zero-order chi connectivity index (χ0) is 17.9. The molecule has 1 unspecified atom stereocenters. The Morgan fingerprint density at radius 2 is 1.29 bits per heavy atom. The van der Waals surface area contributed by atoms with E-state index in [1.807, 2.05) is 0 Å². The van der Waals surface area contributed by atoms with Gasteiger partial charge < -0.3 is 9.84 Å². The van der Waals surface area contributed by atoms with Gasteiger partial charge >= 0.3 is 5.97 Å². The summed E-state index contributed by atoms with van der Waals surface area (Å²) in [7, 11) is 0. The molecule has 0 rings (SSSR count). The molecule has 24 heavy (non-hydrogen) atoms. The first-order valence-corrected chi connectivity index (χ1v) is 10.5. The number of rotatable bonds is 18. The lowest BCUT2D eigenvalue weighted by Gasteiger charge is -2.15. The molecule has 3 nitrogen and oxygen atoms in total. The van der Waals surface area contributed by atoms with Gasteiger partial charge in [0, 0.05) is 6.61 Å². The fourth-order valence-corrected chi connectivity index (χ4v) is 3.04. The lowest BCUT2D eigenvalue weighted by Crippen LogP contribution is -2.18. The standard InChI is InChI=1S/C21H42O3/c1-3-5-7-13-17-20(16-6-4-2)21(23)24-19-15-12-10-8-9-11-14-18-22/h20,22H,3-19H2,1-2H3. The Hall–Kier alpha value is -0.570. The fraction of sp³-hybridized carbons (Fsp3) is 0.952. The first-order chi connectivity index (χ1) is 11.8. The second kappa shape index (κ2) is 18.8. The van der Waals surface area contributed by atoms with E-state index < -0.39 is 0 Å². The number of hydrogen-bond donors (Lipinski definition) is 1. The third kappa shape index (κ3) is 15.0. The van der Waals surface area contributed by atoms with Crippen LogP contribution in [0.4, 0.5) is 0 Å². The normalized spacial score (nSPS) is 12.3. The number of hydrogen-bond acceptors (Lipinski definition) is 3. The van der Waals surface area contributed by atoms with Crippen molar-refractivity contribution in [2.45, 2.75) is 110 Å². The quantitative estimate of drug-likeness (QED) is 0.244. The van der Waals surface area contributed by atoms with Crippen LogP contribution in [0.25, 0.3) is 0 Å². The maximum absolute atomic E-state index is 12.3. The van der Waals surface area contributed by atoms with Crippen LogP contribution < -0.4 is 0 Å². The summed E-state index contributed by atoms with van der Waals surface area (Å²) in [5.41, 5.74) is 0. The van der Waals surface area contributed by atoms with Gasteiger partial charge in [-0.1, -0.05) is 84.5 Å². The average molecular weight is 343 g/mol. The van der Waals surface area contributed by atoms with Gasteiger partial charge in [-0.25, -0.2) is 0 Å². The molecular weight excluding hydrogens is 300 g/mol. The summed E-state index contributed by atoms with van der Waals surface area (Å²) in [4.78, 5) is 12.3. The maximum atomic E-state index is 12.3. The lowest BCUT2D eigenvalue weighted by molar-refractivity contribution is -0.149. The van der Waals surface area contributed by atoms with Crippen LogP contribution in [0.3, 0.4) is 0 Å². The van der Waals surface area contributed by atoms with E-state index >= 15 is 0 Å². The van der Waals surface area contributed by atoms with Crippen molar-refractivity contribution in [2.24, 2.45) is 5.92 Å². The Bertz CT molecular complexity index is 266. The molecule has 0 aliphatic rings. The molecule has 0 saturated carbocycles. The van der Waals surface area contributed by atoms with Gasteiger partial charge in [-0.3, -0.25) is 4.79 Å². The molecule has 0 aliphatic heterocycles. The number of carbonyl (C=O) groups is 1. The van der Waals surface area contributed by atoms with Crippen LogP contribution >= 0.6 is 0 Å². The minimum atomic E-state index is 0.0443. The monoisotopic (exact) mass is 342 g/mol.